The second-order valence-electron chi connectivity index (χ2n) is 6.11. The van der Waals surface area contributed by atoms with Crippen LogP contribution in [0, 0.1) is 0 Å². The van der Waals surface area contributed by atoms with Gasteiger partial charge in [-0.15, -0.1) is 10.2 Å². The van der Waals surface area contributed by atoms with Gasteiger partial charge in [0, 0.05) is 6.54 Å². The molecule has 3 rings (SSSR count). The quantitative estimate of drug-likeness (QED) is 0.412. The lowest BCUT2D eigenvalue weighted by Crippen LogP contribution is -2.18. The van der Waals surface area contributed by atoms with E-state index in [0.29, 0.717) is 23.3 Å². The Bertz CT molecular complexity index is 1090. The molecule has 0 spiro atoms. The number of carbonyl (C=O) groups excluding carboxylic acids is 3. The number of amides is 1. The van der Waals surface area contributed by atoms with Crippen LogP contribution in [0.2, 0.25) is 0 Å². The van der Waals surface area contributed by atoms with E-state index in [1.54, 1.807) is 18.4 Å². The third-order valence-electron chi connectivity index (χ3n) is 4.23. The predicted molar refractivity (Wildman–Crippen MR) is 112 cm³/mol. The van der Waals surface area contributed by atoms with Crippen molar-refractivity contribution < 1.29 is 28.3 Å². The average Bonchev–Trinajstić information content (AvgIpc) is 3.45. The Balaban J connectivity index is 1.75. The lowest BCUT2D eigenvalue weighted by atomic mass is 10.1. The van der Waals surface area contributed by atoms with Gasteiger partial charge in [0.05, 0.1) is 43.0 Å². The molecule has 0 saturated carbocycles. The Morgan fingerprint density at radius 1 is 1.13 bits per heavy atom. The number of thioether (sulfide) groups is 1. The molecule has 2 aromatic heterocycles. The van der Waals surface area contributed by atoms with Gasteiger partial charge in [0.2, 0.25) is 5.91 Å². The summed E-state index contributed by atoms with van der Waals surface area (Å²) in [4.78, 5) is 36.4. The number of methoxy groups -OCH3 is 2. The van der Waals surface area contributed by atoms with Crippen molar-refractivity contribution in [2.75, 3.05) is 25.3 Å². The van der Waals surface area contributed by atoms with Crippen LogP contribution in [0.5, 0.6) is 0 Å². The minimum absolute atomic E-state index is 0.000642. The van der Waals surface area contributed by atoms with Crippen molar-refractivity contribution in [2.45, 2.75) is 18.6 Å². The zero-order chi connectivity index (χ0) is 22.4. The highest BCUT2D eigenvalue weighted by Gasteiger charge is 2.19. The lowest BCUT2D eigenvalue weighted by Gasteiger charge is -2.11. The second-order valence-corrected chi connectivity index (χ2v) is 7.05. The smallest absolute Gasteiger partial charge is 0.339 e. The summed E-state index contributed by atoms with van der Waals surface area (Å²) < 4.78 is 16.6. The Morgan fingerprint density at radius 3 is 2.55 bits per heavy atom. The molecule has 0 aliphatic carbocycles. The zero-order valence-corrected chi connectivity index (χ0v) is 17.9. The number of furan rings is 1. The van der Waals surface area contributed by atoms with Gasteiger partial charge in [0.1, 0.15) is 0 Å². The second kappa shape index (κ2) is 9.94. The van der Waals surface area contributed by atoms with E-state index in [1.807, 2.05) is 11.5 Å². The maximum atomic E-state index is 12.6. The van der Waals surface area contributed by atoms with Gasteiger partial charge in [-0.3, -0.25) is 9.36 Å². The summed E-state index contributed by atoms with van der Waals surface area (Å²) in [6, 6.07) is 7.71. The largest absolute Gasteiger partial charge is 0.465 e. The number of rotatable bonds is 8. The van der Waals surface area contributed by atoms with Crippen LogP contribution >= 0.6 is 11.8 Å². The molecular weight excluding hydrogens is 424 g/mol. The van der Waals surface area contributed by atoms with Crippen LogP contribution in [-0.4, -0.2) is 52.6 Å². The SMILES string of the molecule is CCn1c(SCC(=O)Nc2cc(C(=O)OC)ccc2C(=O)OC)nnc1-c1ccco1. The fourth-order valence-electron chi connectivity index (χ4n) is 2.77. The van der Waals surface area contributed by atoms with Gasteiger partial charge in [-0.05, 0) is 37.3 Å². The molecule has 0 aliphatic heterocycles. The molecule has 1 N–H and O–H groups in total. The first kappa shape index (κ1) is 22.1. The molecule has 0 radical (unpaired) electrons. The molecule has 0 unspecified atom stereocenters. The van der Waals surface area contributed by atoms with Crippen LogP contribution in [0.3, 0.4) is 0 Å². The summed E-state index contributed by atoms with van der Waals surface area (Å²) in [5, 5.41) is 11.4. The molecule has 31 heavy (non-hydrogen) atoms. The third kappa shape index (κ3) is 4.94. The fraction of sp³-hybridized carbons (Fsp3) is 0.250. The number of ether oxygens (including phenoxy) is 2. The van der Waals surface area contributed by atoms with E-state index in [4.69, 9.17) is 9.15 Å². The number of nitrogens with one attached hydrogen (secondary N) is 1. The van der Waals surface area contributed by atoms with Crippen molar-refractivity contribution in [3.05, 3.63) is 47.7 Å². The monoisotopic (exact) mass is 444 g/mol. The number of nitrogens with zero attached hydrogens (tertiary/aromatic N) is 3. The average molecular weight is 444 g/mol. The maximum absolute atomic E-state index is 12.6. The molecule has 0 atom stereocenters. The van der Waals surface area contributed by atoms with Crippen LogP contribution in [-0.2, 0) is 20.8 Å². The van der Waals surface area contributed by atoms with Crippen LogP contribution < -0.4 is 5.32 Å². The van der Waals surface area contributed by atoms with Crippen molar-refractivity contribution in [3.8, 4) is 11.6 Å². The Hall–Kier alpha value is -3.60. The highest BCUT2D eigenvalue weighted by Crippen LogP contribution is 2.25. The molecular formula is C20H20N4O6S. The molecule has 1 aromatic carbocycles. The van der Waals surface area contributed by atoms with E-state index >= 15 is 0 Å². The van der Waals surface area contributed by atoms with E-state index in [9.17, 15) is 14.4 Å². The minimum atomic E-state index is -0.645. The van der Waals surface area contributed by atoms with Gasteiger partial charge >= 0.3 is 11.9 Å². The molecule has 3 aromatic rings. The number of carbonyl (C=O) groups is 3. The molecule has 0 bridgehead atoms. The molecule has 10 nitrogen and oxygen atoms in total. The maximum Gasteiger partial charge on any atom is 0.339 e. The first-order valence-electron chi connectivity index (χ1n) is 9.18. The van der Waals surface area contributed by atoms with Crippen molar-refractivity contribution in [1.82, 2.24) is 14.8 Å². The first-order valence-corrected chi connectivity index (χ1v) is 10.2. The predicted octanol–water partition coefficient (Wildman–Crippen LogP) is 2.86. The van der Waals surface area contributed by atoms with Crippen molar-refractivity contribution in [2.24, 2.45) is 0 Å². The summed E-state index contributed by atoms with van der Waals surface area (Å²) >= 11 is 1.18. The number of esters is 2. The molecule has 0 fully saturated rings. The van der Waals surface area contributed by atoms with Gasteiger partial charge < -0.3 is 19.2 Å². The van der Waals surface area contributed by atoms with E-state index in [0.717, 1.165) is 0 Å². The molecule has 162 valence electrons. The normalized spacial score (nSPS) is 10.5. The number of hydrogen-bond donors (Lipinski definition) is 1. The standard InChI is InChI=1S/C20H20N4O6S/c1-4-24-17(15-6-5-9-30-15)22-23-20(24)31-11-16(25)21-14-10-12(18(26)28-2)7-8-13(14)19(27)29-3/h5-10H,4,11H2,1-3H3,(H,21,25). The van der Waals surface area contributed by atoms with Gasteiger partial charge in [-0.1, -0.05) is 11.8 Å². The summed E-state index contributed by atoms with van der Waals surface area (Å²) in [6.45, 7) is 2.52. The number of anilines is 1. The Morgan fingerprint density at radius 2 is 1.90 bits per heavy atom. The molecule has 11 heteroatoms. The number of aromatic nitrogens is 3. The van der Waals surface area contributed by atoms with Gasteiger partial charge in [0.15, 0.2) is 16.7 Å². The van der Waals surface area contributed by atoms with Crippen LogP contribution in [0.1, 0.15) is 27.6 Å². The summed E-state index contributed by atoms with van der Waals surface area (Å²) in [5.41, 5.74) is 0.450. The van der Waals surface area contributed by atoms with Crippen LogP contribution in [0.15, 0.2) is 46.2 Å². The van der Waals surface area contributed by atoms with E-state index in [2.05, 4.69) is 20.3 Å². The number of benzene rings is 1. The van der Waals surface area contributed by atoms with Gasteiger partial charge in [-0.25, -0.2) is 9.59 Å². The molecule has 0 saturated heterocycles. The Kier molecular flexibility index (Phi) is 7.08. The molecule has 2 heterocycles. The lowest BCUT2D eigenvalue weighted by molar-refractivity contribution is -0.113. The highest BCUT2D eigenvalue weighted by atomic mass is 32.2. The van der Waals surface area contributed by atoms with E-state index in [1.165, 1.54) is 44.2 Å². The molecule has 1 amide bonds. The summed E-state index contributed by atoms with van der Waals surface area (Å²) in [6.07, 6.45) is 1.55. The van der Waals surface area contributed by atoms with Crippen molar-refractivity contribution in [3.63, 3.8) is 0 Å². The Labute approximate surface area is 181 Å². The van der Waals surface area contributed by atoms with Gasteiger partial charge in [-0.2, -0.15) is 0 Å². The highest BCUT2D eigenvalue weighted by molar-refractivity contribution is 7.99. The van der Waals surface area contributed by atoms with Crippen LogP contribution in [0.4, 0.5) is 5.69 Å². The van der Waals surface area contributed by atoms with Crippen LogP contribution in [0.25, 0.3) is 11.6 Å². The van der Waals surface area contributed by atoms with Crippen molar-refractivity contribution in [1.29, 1.82) is 0 Å². The fourth-order valence-corrected chi connectivity index (χ4v) is 3.57. The first-order chi connectivity index (χ1) is 15.0. The number of hydrogen-bond acceptors (Lipinski definition) is 9. The van der Waals surface area contributed by atoms with Crippen molar-refractivity contribution >= 4 is 35.3 Å². The third-order valence-corrected chi connectivity index (χ3v) is 5.19. The topological polar surface area (TPSA) is 126 Å². The summed E-state index contributed by atoms with van der Waals surface area (Å²) in [7, 11) is 2.47. The summed E-state index contributed by atoms with van der Waals surface area (Å²) in [5.74, 6) is -0.500. The molecule has 0 aliphatic rings. The zero-order valence-electron chi connectivity index (χ0n) is 17.1. The minimum Gasteiger partial charge on any atom is -0.465 e. The van der Waals surface area contributed by atoms with E-state index < -0.39 is 17.8 Å². The van der Waals surface area contributed by atoms with E-state index in [-0.39, 0.29) is 22.6 Å². The van der Waals surface area contributed by atoms with Gasteiger partial charge in [0.25, 0.3) is 0 Å².